The molecule has 0 aliphatic rings. The first-order valence-corrected chi connectivity index (χ1v) is 6.74. The zero-order chi connectivity index (χ0) is 13.8. The average Bonchev–Trinajstić information content (AvgIpc) is 2.74. The molecule has 0 aromatic carbocycles. The molecule has 0 bridgehead atoms. The normalized spacial score (nSPS) is 12.5. The molecule has 0 saturated carbocycles. The number of amides is 1. The Morgan fingerprint density at radius 2 is 2.42 bits per heavy atom. The van der Waals surface area contributed by atoms with Crippen LogP contribution in [0.5, 0.6) is 0 Å². The molecule has 0 fully saturated rings. The second-order valence-electron chi connectivity index (χ2n) is 4.25. The van der Waals surface area contributed by atoms with E-state index in [4.69, 9.17) is 10.5 Å². The molecule has 1 atom stereocenters. The largest absolute Gasteiger partial charge is 0.397 e. The monoisotopic (exact) mass is 280 g/mol. The van der Waals surface area contributed by atoms with Crippen LogP contribution >= 0.6 is 11.3 Å². The number of ether oxygens (including phenoxy) is 1. The third kappa shape index (κ3) is 2.99. The first-order chi connectivity index (χ1) is 9.13. The summed E-state index contributed by atoms with van der Waals surface area (Å²) in [4.78, 5) is 13.3. The molecule has 1 unspecified atom stereocenters. The quantitative estimate of drug-likeness (QED) is 0.864. The van der Waals surface area contributed by atoms with Crippen LogP contribution in [0.4, 0.5) is 5.69 Å². The van der Waals surface area contributed by atoms with E-state index < -0.39 is 0 Å². The van der Waals surface area contributed by atoms with Gasteiger partial charge in [0.15, 0.2) is 0 Å². The Balaban J connectivity index is 2.15. The first-order valence-electron chi connectivity index (χ1n) is 5.93. The molecule has 7 heteroatoms. The molecular formula is C12H16N4O2S. The molecule has 0 aliphatic heterocycles. The van der Waals surface area contributed by atoms with E-state index in [1.807, 2.05) is 6.92 Å². The van der Waals surface area contributed by atoms with E-state index in [0.717, 1.165) is 11.8 Å². The summed E-state index contributed by atoms with van der Waals surface area (Å²) >= 11 is 1.26. The van der Waals surface area contributed by atoms with Gasteiger partial charge in [-0.3, -0.25) is 4.79 Å². The molecule has 2 rings (SSSR count). The predicted molar refractivity (Wildman–Crippen MR) is 75.2 cm³/mol. The maximum absolute atomic E-state index is 12.1. The number of nitrogens with zero attached hydrogens (tertiary/aromatic N) is 2. The Morgan fingerprint density at radius 1 is 1.63 bits per heavy atom. The van der Waals surface area contributed by atoms with E-state index in [0.29, 0.717) is 22.0 Å². The molecule has 0 saturated heterocycles. The van der Waals surface area contributed by atoms with Crippen molar-refractivity contribution in [3.05, 3.63) is 17.1 Å². The predicted octanol–water partition coefficient (Wildman–Crippen LogP) is 1.43. The molecule has 2 aromatic rings. The summed E-state index contributed by atoms with van der Waals surface area (Å²) < 4.78 is 4.98. The number of fused-ring (bicyclic) bond motifs is 1. The summed E-state index contributed by atoms with van der Waals surface area (Å²) in [6, 6.07) is 1.79. The summed E-state index contributed by atoms with van der Waals surface area (Å²) in [6.45, 7) is 2.54. The summed E-state index contributed by atoms with van der Waals surface area (Å²) in [7, 11) is 1.64. The smallest absolute Gasteiger partial charge is 0.263 e. The van der Waals surface area contributed by atoms with Gasteiger partial charge in [0.1, 0.15) is 9.71 Å². The lowest BCUT2D eigenvalue weighted by atomic mass is 10.2. The maximum Gasteiger partial charge on any atom is 0.263 e. The van der Waals surface area contributed by atoms with Gasteiger partial charge in [-0.2, -0.15) is 5.10 Å². The number of thiophene rings is 1. The SMILES string of the molecule is COCCC(C)NC(=O)c1sc2nnccc2c1N. The van der Waals surface area contributed by atoms with E-state index >= 15 is 0 Å². The van der Waals surface area contributed by atoms with E-state index in [-0.39, 0.29) is 11.9 Å². The second-order valence-corrected chi connectivity index (χ2v) is 5.25. The number of hydrogen-bond acceptors (Lipinski definition) is 6. The lowest BCUT2D eigenvalue weighted by Gasteiger charge is -2.12. The van der Waals surface area contributed by atoms with Crippen LogP contribution in [0.1, 0.15) is 23.0 Å². The number of anilines is 1. The molecule has 19 heavy (non-hydrogen) atoms. The van der Waals surface area contributed by atoms with Crippen molar-refractivity contribution in [2.24, 2.45) is 0 Å². The Labute approximate surface area is 115 Å². The Kier molecular flexibility index (Phi) is 4.28. The van der Waals surface area contributed by atoms with Crippen LogP contribution in [0.25, 0.3) is 10.2 Å². The lowest BCUT2D eigenvalue weighted by Crippen LogP contribution is -2.33. The van der Waals surface area contributed by atoms with Crippen molar-refractivity contribution in [2.45, 2.75) is 19.4 Å². The van der Waals surface area contributed by atoms with Crippen LogP contribution in [0.2, 0.25) is 0 Å². The highest BCUT2D eigenvalue weighted by Crippen LogP contribution is 2.31. The number of hydrogen-bond donors (Lipinski definition) is 2. The van der Waals surface area contributed by atoms with Crippen LogP contribution in [-0.2, 0) is 4.74 Å². The molecule has 2 aromatic heterocycles. The fourth-order valence-electron chi connectivity index (χ4n) is 1.70. The van der Waals surface area contributed by atoms with Crippen LogP contribution < -0.4 is 11.1 Å². The van der Waals surface area contributed by atoms with Gasteiger partial charge >= 0.3 is 0 Å². The topological polar surface area (TPSA) is 90.1 Å². The minimum Gasteiger partial charge on any atom is -0.397 e. The summed E-state index contributed by atoms with van der Waals surface area (Å²) in [6.07, 6.45) is 2.32. The molecule has 0 spiro atoms. The van der Waals surface area contributed by atoms with Crippen molar-refractivity contribution in [1.82, 2.24) is 15.5 Å². The number of nitrogen functional groups attached to an aromatic ring is 1. The number of aromatic nitrogens is 2. The van der Waals surface area contributed by atoms with E-state index in [1.54, 1.807) is 19.4 Å². The number of carbonyl (C=O) groups excluding carboxylic acids is 1. The molecule has 0 radical (unpaired) electrons. The number of methoxy groups -OCH3 is 1. The summed E-state index contributed by atoms with van der Waals surface area (Å²) in [5.74, 6) is -0.177. The van der Waals surface area contributed by atoms with Crippen LogP contribution in [0.15, 0.2) is 12.3 Å². The molecule has 6 nitrogen and oxygen atoms in total. The lowest BCUT2D eigenvalue weighted by molar-refractivity contribution is 0.0934. The standard InChI is InChI=1S/C12H16N4O2S/c1-7(4-6-18-2)15-11(17)10-9(13)8-3-5-14-16-12(8)19-10/h3,5,7H,4,6,13H2,1-2H3,(H,15,17). The second kappa shape index (κ2) is 5.94. The van der Waals surface area contributed by atoms with E-state index in [9.17, 15) is 4.79 Å². The molecule has 2 heterocycles. The highest BCUT2D eigenvalue weighted by Gasteiger charge is 2.18. The first kappa shape index (κ1) is 13.7. The van der Waals surface area contributed by atoms with Crippen molar-refractivity contribution >= 4 is 33.1 Å². The minimum absolute atomic E-state index is 0.0307. The Hall–Kier alpha value is -1.73. The van der Waals surface area contributed by atoms with Gasteiger partial charge in [0.25, 0.3) is 5.91 Å². The van der Waals surface area contributed by atoms with Crippen molar-refractivity contribution in [1.29, 1.82) is 0 Å². The van der Waals surface area contributed by atoms with Crippen molar-refractivity contribution in [2.75, 3.05) is 19.5 Å². The molecule has 1 amide bonds. The molecular weight excluding hydrogens is 264 g/mol. The van der Waals surface area contributed by atoms with Gasteiger partial charge in [-0.15, -0.1) is 16.4 Å². The summed E-state index contributed by atoms with van der Waals surface area (Å²) in [5.41, 5.74) is 6.44. The number of rotatable bonds is 5. The van der Waals surface area contributed by atoms with Gasteiger partial charge in [-0.05, 0) is 19.4 Å². The van der Waals surface area contributed by atoms with Crippen molar-refractivity contribution in [3.63, 3.8) is 0 Å². The Bertz CT molecular complexity index is 584. The molecule has 102 valence electrons. The van der Waals surface area contributed by atoms with E-state index in [1.165, 1.54) is 11.3 Å². The van der Waals surface area contributed by atoms with Gasteiger partial charge in [0.2, 0.25) is 0 Å². The van der Waals surface area contributed by atoms with Gasteiger partial charge in [0, 0.05) is 25.1 Å². The highest BCUT2D eigenvalue weighted by molar-refractivity contribution is 7.21. The zero-order valence-corrected chi connectivity index (χ0v) is 11.7. The van der Waals surface area contributed by atoms with Crippen LogP contribution in [0.3, 0.4) is 0 Å². The van der Waals surface area contributed by atoms with E-state index in [2.05, 4.69) is 15.5 Å². The maximum atomic E-state index is 12.1. The zero-order valence-electron chi connectivity index (χ0n) is 10.8. The van der Waals surface area contributed by atoms with Crippen molar-refractivity contribution < 1.29 is 9.53 Å². The van der Waals surface area contributed by atoms with Gasteiger partial charge in [-0.1, -0.05) is 0 Å². The third-order valence-corrected chi connectivity index (χ3v) is 3.86. The van der Waals surface area contributed by atoms with Crippen LogP contribution in [-0.4, -0.2) is 35.9 Å². The number of nitrogens with two attached hydrogens (primary N) is 1. The molecule has 3 N–H and O–H groups in total. The third-order valence-electron chi connectivity index (χ3n) is 2.76. The van der Waals surface area contributed by atoms with Gasteiger partial charge < -0.3 is 15.8 Å². The van der Waals surface area contributed by atoms with Gasteiger partial charge in [-0.25, -0.2) is 0 Å². The number of carbonyl (C=O) groups is 1. The number of nitrogens with one attached hydrogen (secondary N) is 1. The highest BCUT2D eigenvalue weighted by atomic mass is 32.1. The molecule has 0 aliphatic carbocycles. The average molecular weight is 280 g/mol. The fraction of sp³-hybridized carbons (Fsp3) is 0.417. The van der Waals surface area contributed by atoms with Gasteiger partial charge in [0.05, 0.1) is 11.9 Å². The Morgan fingerprint density at radius 3 is 3.11 bits per heavy atom. The van der Waals surface area contributed by atoms with Crippen LogP contribution in [0, 0.1) is 0 Å². The minimum atomic E-state index is -0.177. The summed E-state index contributed by atoms with van der Waals surface area (Å²) in [5, 5.41) is 11.4. The fourth-order valence-corrected chi connectivity index (χ4v) is 2.64. The van der Waals surface area contributed by atoms with Crippen molar-refractivity contribution in [3.8, 4) is 0 Å².